The van der Waals surface area contributed by atoms with E-state index in [0.717, 1.165) is 26.2 Å². The highest BCUT2D eigenvalue weighted by atomic mass is 16.6. The van der Waals surface area contributed by atoms with E-state index in [9.17, 15) is 4.79 Å². The third kappa shape index (κ3) is 2.08. The highest BCUT2D eigenvalue weighted by Crippen LogP contribution is 2.38. The van der Waals surface area contributed by atoms with Crippen LogP contribution >= 0.6 is 0 Å². The molecular weight excluding hydrogens is 194 g/mol. The van der Waals surface area contributed by atoms with Gasteiger partial charge in [-0.3, -0.25) is 5.84 Å². The Morgan fingerprint density at radius 2 is 1.80 bits per heavy atom. The number of nitrogens with zero attached hydrogens (tertiary/aromatic N) is 2. The Morgan fingerprint density at radius 3 is 2.20 bits per heavy atom. The summed E-state index contributed by atoms with van der Waals surface area (Å²) in [5, 5.41) is 1.78. The van der Waals surface area contributed by atoms with Crippen molar-refractivity contribution in [1.82, 2.24) is 9.91 Å². The van der Waals surface area contributed by atoms with Gasteiger partial charge in [-0.25, -0.2) is 9.80 Å². The summed E-state index contributed by atoms with van der Waals surface area (Å²) < 4.78 is 5.27. The summed E-state index contributed by atoms with van der Waals surface area (Å²) in [6.07, 6.45) is -0.205. The molecule has 0 bridgehead atoms. The number of carbonyl (C=O) groups is 1. The number of hydrogen-bond donors (Lipinski definition) is 1. The molecule has 2 saturated heterocycles. The van der Waals surface area contributed by atoms with Crippen LogP contribution in [0.1, 0.15) is 20.8 Å². The predicted octanol–water partition coefficient (Wildman–Crippen LogP) is 0.413. The van der Waals surface area contributed by atoms with Crippen LogP contribution in [0.5, 0.6) is 0 Å². The Hall–Kier alpha value is -0.810. The van der Waals surface area contributed by atoms with Gasteiger partial charge in [-0.2, -0.15) is 0 Å². The monoisotopic (exact) mass is 213 g/mol. The molecule has 1 spiro atoms. The van der Waals surface area contributed by atoms with Crippen LogP contribution in [0, 0.1) is 5.41 Å². The molecule has 2 N–H and O–H groups in total. The molecule has 0 unspecified atom stereocenters. The standard InChI is InChI=1S/C10H19N3O2/c1-9(2,3)15-8(14)12-4-10(5-12)6-13(11)7-10/h4-7,11H2,1-3H3. The summed E-state index contributed by atoms with van der Waals surface area (Å²) in [6.45, 7) is 9.01. The molecule has 2 fully saturated rings. The normalized spacial score (nSPS) is 24.7. The molecule has 2 aliphatic rings. The fraction of sp³-hybridized carbons (Fsp3) is 0.900. The van der Waals surface area contributed by atoms with Gasteiger partial charge in [0.05, 0.1) is 0 Å². The number of amides is 1. The number of hydrogen-bond acceptors (Lipinski definition) is 4. The SMILES string of the molecule is CC(C)(C)OC(=O)N1CC2(CN(N)C2)C1. The topological polar surface area (TPSA) is 58.8 Å². The Kier molecular flexibility index (Phi) is 2.20. The van der Waals surface area contributed by atoms with Crippen molar-refractivity contribution in [3.63, 3.8) is 0 Å². The number of ether oxygens (including phenoxy) is 1. The van der Waals surface area contributed by atoms with Gasteiger partial charge in [0.25, 0.3) is 0 Å². The fourth-order valence-electron chi connectivity index (χ4n) is 2.23. The van der Waals surface area contributed by atoms with E-state index in [1.807, 2.05) is 20.8 Å². The van der Waals surface area contributed by atoms with Crippen molar-refractivity contribution < 1.29 is 9.53 Å². The van der Waals surface area contributed by atoms with Crippen LogP contribution in [0.25, 0.3) is 0 Å². The Morgan fingerprint density at radius 1 is 1.27 bits per heavy atom. The van der Waals surface area contributed by atoms with E-state index in [4.69, 9.17) is 10.6 Å². The van der Waals surface area contributed by atoms with Crippen molar-refractivity contribution in [3.8, 4) is 0 Å². The van der Waals surface area contributed by atoms with E-state index in [1.165, 1.54) is 0 Å². The van der Waals surface area contributed by atoms with Gasteiger partial charge in [0.15, 0.2) is 0 Å². The number of hydrazine groups is 1. The second-order valence-electron chi connectivity index (χ2n) is 5.74. The number of carbonyl (C=O) groups excluding carboxylic acids is 1. The van der Waals surface area contributed by atoms with E-state index < -0.39 is 5.60 Å². The van der Waals surface area contributed by atoms with Gasteiger partial charge in [0.2, 0.25) is 0 Å². The lowest BCUT2D eigenvalue weighted by Gasteiger charge is -2.58. The molecule has 0 aromatic heterocycles. The van der Waals surface area contributed by atoms with Crippen molar-refractivity contribution in [2.45, 2.75) is 26.4 Å². The number of nitrogens with two attached hydrogens (primary N) is 1. The molecular formula is C10H19N3O2. The molecule has 1 amide bonds. The summed E-state index contributed by atoms with van der Waals surface area (Å²) in [6, 6.07) is 0. The first-order valence-electron chi connectivity index (χ1n) is 5.27. The highest BCUT2D eigenvalue weighted by molar-refractivity contribution is 5.69. The van der Waals surface area contributed by atoms with E-state index in [0.29, 0.717) is 0 Å². The molecule has 0 atom stereocenters. The minimum atomic E-state index is -0.403. The van der Waals surface area contributed by atoms with Crippen LogP contribution in [0.15, 0.2) is 0 Å². The molecule has 86 valence electrons. The molecule has 0 aliphatic carbocycles. The maximum absolute atomic E-state index is 11.6. The molecule has 2 heterocycles. The lowest BCUT2D eigenvalue weighted by Crippen LogP contribution is -2.74. The fourth-order valence-corrected chi connectivity index (χ4v) is 2.23. The molecule has 0 aromatic carbocycles. The Labute approximate surface area is 90.1 Å². The zero-order valence-electron chi connectivity index (χ0n) is 9.62. The summed E-state index contributed by atoms with van der Waals surface area (Å²) in [7, 11) is 0. The average molecular weight is 213 g/mol. The van der Waals surface area contributed by atoms with Crippen molar-refractivity contribution in [1.29, 1.82) is 0 Å². The van der Waals surface area contributed by atoms with Crippen LogP contribution in [0.4, 0.5) is 4.79 Å². The second kappa shape index (κ2) is 3.09. The van der Waals surface area contributed by atoms with Gasteiger partial charge in [0.1, 0.15) is 5.60 Å². The summed E-state index contributed by atoms with van der Waals surface area (Å²) in [4.78, 5) is 13.4. The molecule has 0 aromatic rings. The molecule has 2 rings (SSSR count). The van der Waals surface area contributed by atoms with Gasteiger partial charge in [0, 0.05) is 31.6 Å². The van der Waals surface area contributed by atoms with Crippen LogP contribution in [0.2, 0.25) is 0 Å². The molecule has 2 aliphatic heterocycles. The van der Waals surface area contributed by atoms with E-state index in [-0.39, 0.29) is 11.5 Å². The molecule has 0 radical (unpaired) electrons. The van der Waals surface area contributed by atoms with Gasteiger partial charge in [-0.05, 0) is 20.8 Å². The predicted molar refractivity (Wildman–Crippen MR) is 56.0 cm³/mol. The highest BCUT2D eigenvalue weighted by Gasteiger charge is 2.53. The Bertz CT molecular complexity index is 271. The molecule has 5 nitrogen and oxygen atoms in total. The minimum absolute atomic E-state index is 0.205. The molecule has 15 heavy (non-hydrogen) atoms. The number of likely N-dealkylation sites (tertiary alicyclic amines) is 1. The van der Waals surface area contributed by atoms with Crippen molar-refractivity contribution in [2.24, 2.45) is 11.3 Å². The van der Waals surface area contributed by atoms with Gasteiger partial charge in [-0.15, -0.1) is 0 Å². The van der Waals surface area contributed by atoms with Crippen LogP contribution < -0.4 is 5.84 Å². The van der Waals surface area contributed by atoms with Crippen molar-refractivity contribution >= 4 is 6.09 Å². The first-order chi connectivity index (χ1) is 6.80. The van der Waals surface area contributed by atoms with Crippen LogP contribution in [-0.2, 0) is 4.74 Å². The van der Waals surface area contributed by atoms with Gasteiger partial charge >= 0.3 is 6.09 Å². The zero-order chi connectivity index (χ0) is 11.3. The third-order valence-electron chi connectivity index (χ3n) is 2.78. The van der Waals surface area contributed by atoms with E-state index >= 15 is 0 Å². The van der Waals surface area contributed by atoms with Gasteiger partial charge < -0.3 is 9.64 Å². The van der Waals surface area contributed by atoms with Gasteiger partial charge in [-0.1, -0.05) is 0 Å². The lowest BCUT2D eigenvalue weighted by molar-refractivity contribution is -0.113. The van der Waals surface area contributed by atoms with Crippen LogP contribution in [-0.4, -0.2) is 47.8 Å². The third-order valence-corrected chi connectivity index (χ3v) is 2.78. The van der Waals surface area contributed by atoms with E-state index in [2.05, 4.69) is 0 Å². The summed E-state index contributed by atoms with van der Waals surface area (Å²) in [5.41, 5.74) is -0.134. The number of rotatable bonds is 0. The molecule has 0 saturated carbocycles. The first kappa shape index (κ1) is 10.7. The summed E-state index contributed by atoms with van der Waals surface area (Å²) in [5.74, 6) is 5.59. The largest absolute Gasteiger partial charge is 0.444 e. The Balaban J connectivity index is 1.77. The van der Waals surface area contributed by atoms with Crippen molar-refractivity contribution in [3.05, 3.63) is 0 Å². The smallest absolute Gasteiger partial charge is 0.410 e. The summed E-state index contributed by atoms with van der Waals surface area (Å²) >= 11 is 0. The maximum atomic E-state index is 11.6. The van der Waals surface area contributed by atoms with Crippen LogP contribution in [0.3, 0.4) is 0 Å². The lowest BCUT2D eigenvalue weighted by atomic mass is 9.74. The van der Waals surface area contributed by atoms with E-state index in [1.54, 1.807) is 9.91 Å². The molecule has 5 heteroatoms. The minimum Gasteiger partial charge on any atom is -0.444 e. The zero-order valence-corrected chi connectivity index (χ0v) is 9.62. The second-order valence-corrected chi connectivity index (χ2v) is 5.74. The van der Waals surface area contributed by atoms with Crippen molar-refractivity contribution in [2.75, 3.05) is 26.2 Å². The first-order valence-corrected chi connectivity index (χ1v) is 5.27. The maximum Gasteiger partial charge on any atom is 0.410 e. The quantitative estimate of drug-likeness (QED) is 0.592. The average Bonchev–Trinajstić information content (AvgIpc) is 1.89.